The molecule has 0 fully saturated rings. The molecule has 7 nitrogen and oxygen atoms in total. The number of hydrogen-bond donors (Lipinski definition) is 1. The Bertz CT molecular complexity index is 1180. The zero-order valence-electron chi connectivity index (χ0n) is 17.7. The molecule has 160 valence electrons. The standard InChI is InChI=1S/C23H24N4O3S/c1-4-29-17-12-10-16(11-13-17)27-21(19-14-24-20-9-7-6-8-18(19)20)25-26-23(27)31-15(3)22(28)30-5-2/h6-15,24H,4-5H2,1-3H3. The van der Waals surface area contributed by atoms with Crippen molar-refractivity contribution in [3.8, 4) is 22.8 Å². The van der Waals surface area contributed by atoms with Gasteiger partial charge in [-0.15, -0.1) is 10.2 Å². The minimum absolute atomic E-state index is 0.276. The third-order valence-electron chi connectivity index (χ3n) is 4.77. The number of ether oxygens (including phenoxy) is 2. The second kappa shape index (κ2) is 9.26. The summed E-state index contributed by atoms with van der Waals surface area (Å²) < 4.78 is 12.7. The van der Waals surface area contributed by atoms with Crippen LogP contribution < -0.4 is 4.74 Å². The van der Waals surface area contributed by atoms with Crippen LogP contribution >= 0.6 is 11.8 Å². The number of thioether (sulfide) groups is 1. The Hall–Kier alpha value is -3.26. The topological polar surface area (TPSA) is 82.0 Å². The third-order valence-corrected chi connectivity index (χ3v) is 5.79. The maximum absolute atomic E-state index is 12.2. The molecule has 0 aliphatic carbocycles. The van der Waals surface area contributed by atoms with Gasteiger partial charge in [0.2, 0.25) is 0 Å². The van der Waals surface area contributed by atoms with E-state index in [1.54, 1.807) is 6.92 Å². The minimum Gasteiger partial charge on any atom is -0.494 e. The van der Waals surface area contributed by atoms with Crippen LogP contribution in [0.5, 0.6) is 5.75 Å². The van der Waals surface area contributed by atoms with Crippen molar-refractivity contribution in [2.75, 3.05) is 13.2 Å². The average molecular weight is 437 g/mol. The van der Waals surface area contributed by atoms with Crippen molar-refractivity contribution in [3.63, 3.8) is 0 Å². The first kappa shape index (κ1) is 21.0. The number of fused-ring (bicyclic) bond motifs is 1. The Labute approximate surface area is 184 Å². The second-order valence-corrected chi connectivity index (χ2v) is 8.14. The highest BCUT2D eigenvalue weighted by atomic mass is 32.2. The number of esters is 1. The highest BCUT2D eigenvalue weighted by Crippen LogP contribution is 2.34. The van der Waals surface area contributed by atoms with Crippen LogP contribution in [0.4, 0.5) is 0 Å². The van der Waals surface area contributed by atoms with Crippen molar-refractivity contribution < 1.29 is 14.3 Å². The van der Waals surface area contributed by atoms with E-state index in [9.17, 15) is 4.79 Å². The van der Waals surface area contributed by atoms with Gasteiger partial charge in [0.25, 0.3) is 0 Å². The number of aromatic nitrogens is 4. The lowest BCUT2D eigenvalue weighted by molar-refractivity contribution is -0.142. The van der Waals surface area contributed by atoms with Crippen molar-refractivity contribution in [3.05, 3.63) is 54.7 Å². The number of benzene rings is 2. The maximum atomic E-state index is 12.2. The van der Waals surface area contributed by atoms with E-state index in [0.717, 1.165) is 27.9 Å². The van der Waals surface area contributed by atoms with Crippen molar-refractivity contribution in [1.29, 1.82) is 0 Å². The molecule has 0 saturated heterocycles. The number of nitrogens with one attached hydrogen (secondary N) is 1. The van der Waals surface area contributed by atoms with E-state index in [-0.39, 0.29) is 5.97 Å². The van der Waals surface area contributed by atoms with Gasteiger partial charge in [-0.1, -0.05) is 30.0 Å². The van der Waals surface area contributed by atoms with Gasteiger partial charge >= 0.3 is 5.97 Å². The Morgan fingerprint density at radius 1 is 1.10 bits per heavy atom. The van der Waals surface area contributed by atoms with E-state index >= 15 is 0 Å². The van der Waals surface area contributed by atoms with Crippen LogP contribution in [0.15, 0.2) is 59.9 Å². The van der Waals surface area contributed by atoms with Gasteiger partial charge in [-0.3, -0.25) is 9.36 Å². The molecule has 0 spiro atoms. The number of carbonyl (C=O) groups excluding carboxylic acids is 1. The lowest BCUT2D eigenvalue weighted by Gasteiger charge is -2.13. The molecule has 2 aromatic carbocycles. The molecule has 31 heavy (non-hydrogen) atoms. The molecule has 0 bridgehead atoms. The summed E-state index contributed by atoms with van der Waals surface area (Å²) in [6.45, 7) is 6.51. The molecule has 1 atom stereocenters. The fourth-order valence-electron chi connectivity index (χ4n) is 3.33. The van der Waals surface area contributed by atoms with Crippen LogP contribution in [0, 0.1) is 0 Å². The van der Waals surface area contributed by atoms with Crippen molar-refractivity contribution in [1.82, 2.24) is 19.7 Å². The summed E-state index contributed by atoms with van der Waals surface area (Å²) in [4.78, 5) is 15.5. The molecule has 0 radical (unpaired) electrons. The Balaban J connectivity index is 1.80. The van der Waals surface area contributed by atoms with E-state index in [1.807, 2.05) is 73.1 Å². The van der Waals surface area contributed by atoms with Crippen LogP contribution in [0.25, 0.3) is 28.0 Å². The fourth-order valence-corrected chi connectivity index (χ4v) is 4.20. The van der Waals surface area contributed by atoms with Crippen LogP contribution in [0.1, 0.15) is 20.8 Å². The molecule has 4 aromatic rings. The summed E-state index contributed by atoms with van der Waals surface area (Å²) in [7, 11) is 0. The highest BCUT2D eigenvalue weighted by molar-refractivity contribution is 8.00. The molecular formula is C23H24N4O3S. The molecule has 1 N–H and O–H groups in total. The molecule has 2 heterocycles. The predicted octanol–water partition coefficient (Wildman–Crippen LogP) is 4.86. The number of hydrogen-bond acceptors (Lipinski definition) is 6. The average Bonchev–Trinajstić information content (AvgIpc) is 3.38. The smallest absolute Gasteiger partial charge is 0.319 e. The summed E-state index contributed by atoms with van der Waals surface area (Å²) >= 11 is 1.32. The zero-order valence-corrected chi connectivity index (χ0v) is 18.5. The quantitative estimate of drug-likeness (QED) is 0.314. The molecule has 0 aliphatic heterocycles. The number of nitrogens with zero attached hydrogens (tertiary/aromatic N) is 3. The lowest BCUT2D eigenvalue weighted by atomic mass is 10.1. The molecule has 0 amide bonds. The van der Waals surface area contributed by atoms with E-state index in [2.05, 4.69) is 15.2 Å². The van der Waals surface area contributed by atoms with Crippen LogP contribution in [0.3, 0.4) is 0 Å². The van der Waals surface area contributed by atoms with Gasteiger partial charge in [0.15, 0.2) is 11.0 Å². The first-order valence-corrected chi connectivity index (χ1v) is 11.1. The molecule has 2 aromatic heterocycles. The van der Waals surface area contributed by atoms with Crippen molar-refractivity contribution in [2.45, 2.75) is 31.2 Å². The number of H-pyrrole nitrogens is 1. The van der Waals surface area contributed by atoms with Gasteiger partial charge < -0.3 is 14.5 Å². The minimum atomic E-state index is -0.415. The maximum Gasteiger partial charge on any atom is 0.319 e. The number of carbonyl (C=O) groups is 1. The van der Waals surface area contributed by atoms with Gasteiger partial charge in [0.05, 0.1) is 13.2 Å². The third kappa shape index (κ3) is 4.29. The van der Waals surface area contributed by atoms with Gasteiger partial charge in [0, 0.05) is 28.4 Å². The summed E-state index contributed by atoms with van der Waals surface area (Å²) in [6, 6.07) is 15.8. The molecular weight excluding hydrogens is 412 g/mol. The van der Waals surface area contributed by atoms with Gasteiger partial charge in [-0.2, -0.15) is 0 Å². The van der Waals surface area contributed by atoms with Crippen LogP contribution in [0.2, 0.25) is 0 Å². The Morgan fingerprint density at radius 2 is 1.87 bits per heavy atom. The van der Waals surface area contributed by atoms with Crippen LogP contribution in [-0.2, 0) is 9.53 Å². The van der Waals surface area contributed by atoms with Crippen molar-refractivity contribution in [2.24, 2.45) is 0 Å². The molecule has 0 saturated carbocycles. The van der Waals surface area contributed by atoms with Crippen molar-refractivity contribution >= 4 is 28.6 Å². The van der Waals surface area contributed by atoms with Gasteiger partial charge in [-0.25, -0.2) is 0 Å². The number of para-hydroxylation sites is 1. The number of aromatic amines is 1. The van der Waals surface area contributed by atoms with Crippen LogP contribution in [-0.4, -0.2) is 44.2 Å². The van der Waals surface area contributed by atoms with E-state index in [4.69, 9.17) is 9.47 Å². The first-order chi connectivity index (χ1) is 15.1. The van der Waals surface area contributed by atoms with E-state index < -0.39 is 5.25 Å². The highest BCUT2D eigenvalue weighted by Gasteiger charge is 2.23. The zero-order chi connectivity index (χ0) is 21.8. The molecule has 0 aliphatic rings. The van der Waals surface area contributed by atoms with E-state index in [0.29, 0.717) is 24.2 Å². The summed E-state index contributed by atoms with van der Waals surface area (Å²) in [5, 5.41) is 10.2. The monoisotopic (exact) mass is 436 g/mol. The largest absolute Gasteiger partial charge is 0.494 e. The summed E-state index contributed by atoms with van der Waals surface area (Å²) in [5.74, 6) is 1.21. The Morgan fingerprint density at radius 3 is 2.61 bits per heavy atom. The predicted molar refractivity (Wildman–Crippen MR) is 122 cm³/mol. The summed E-state index contributed by atoms with van der Waals surface area (Å²) in [5.41, 5.74) is 2.84. The summed E-state index contributed by atoms with van der Waals surface area (Å²) in [6.07, 6.45) is 1.93. The molecule has 4 rings (SSSR count). The molecule has 1 unspecified atom stereocenters. The SMILES string of the molecule is CCOC(=O)C(C)Sc1nnc(-c2c[nH]c3ccccc23)n1-c1ccc(OCC)cc1. The number of rotatable bonds is 8. The van der Waals surface area contributed by atoms with E-state index in [1.165, 1.54) is 11.8 Å². The molecule has 8 heteroatoms. The van der Waals surface area contributed by atoms with Gasteiger partial charge in [-0.05, 0) is 51.1 Å². The van der Waals surface area contributed by atoms with Gasteiger partial charge in [0.1, 0.15) is 11.0 Å². The normalized spacial score (nSPS) is 12.1. The lowest BCUT2D eigenvalue weighted by Crippen LogP contribution is -2.17. The first-order valence-electron chi connectivity index (χ1n) is 10.2. The fraction of sp³-hybridized carbons (Fsp3) is 0.261. The Kier molecular flexibility index (Phi) is 6.27. The second-order valence-electron chi connectivity index (χ2n) is 6.83.